The number of rotatable bonds is 2. The fraction of sp³-hybridized carbons (Fsp3) is 0.375. The first-order valence-corrected chi connectivity index (χ1v) is 5.23. The van der Waals surface area contributed by atoms with Crippen molar-refractivity contribution in [1.82, 2.24) is 0 Å². The molecule has 5 nitrogen and oxygen atoms in total. The lowest BCUT2D eigenvalue weighted by molar-refractivity contribution is -0.684. The first kappa shape index (κ1) is 9.39. The summed E-state index contributed by atoms with van der Waals surface area (Å²) in [4.78, 5) is 10.1. The molecule has 6 heteroatoms. The maximum absolute atomic E-state index is 10.5. The zero-order valence-electron chi connectivity index (χ0n) is 7.22. The van der Waals surface area contributed by atoms with Crippen molar-refractivity contribution in [2.75, 3.05) is 5.33 Å². The number of hydrogen-bond acceptors (Lipinski definition) is 3. The second-order valence-electron chi connectivity index (χ2n) is 3.03. The number of hydrogen-bond donors (Lipinski definition) is 0. The van der Waals surface area contributed by atoms with Gasteiger partial charge in [-0.15, -0.1) is 0 Å². The van der Waals surface area contributed by atoms with Crippen LogP contribution in [0.5, 0.6) is 5.88 Å². The van der Waals surface area contributed by atoms with Crippen LogP contribution in [0.1, 0.15) is 0 Å². The largest absolute Gasteiger partial charge is 0.433 e. The van der Waals surface area contributed by atoms with Crippen molar-refractivity contribution in [3.05, 3.63) is 28.4 Å². The molecule has 0 N–H and O–H groups in total. The van der Waals surface area contributed by atoms with Crippen LogP contribution in [0, 0.1) is 10.1 Å². The first-order chi connectivity index (χ1) is 6.70. The average molecular weight is 260 g/mol. The number of halogens is 1. The van der Waals surface area contributed by atoms with E-state index in [1.807, 2.05) is 0 Å². The summed E-state index contributed by atoms with van der Waals surface area (Å²) in [6.07, 6.45) is 1.56. The summed E-state index contributed by atoms with van der Waals surface area (Å²) in [7, 11) is 0. The maximum Gasteiger partial charge on any atom is 0.368 e. The number of pyridine rings is 1. The molecule has 0 amide bonds. The van der Waals surface area contributed by atoms with E-state index < -0.39 is 4.92 Å². The molecule has 1 unspecified atom stereocenters. The summed E-state index contributed by atoms with van der Waals surface area (Å²) >= 11 is 3.31. The highest BCUT2D eigenvalue weighted by Crippen LogP contribution is 2.18. The number of aromatic nitrogens is 1. The van der Waals surface area contributed by atoms with Crippen LogP contribution in [0.4, 0.5) is 5.69 Å². The molecule has 1 aromatic rings. The Hall–Kier alpha value is -1.17. The number of nitro groups is 1. The summed E-state index contributed by atoms with van der Waals surface area (Å²) < 4.78 is 7.24. The molecular weight excluding hydrogens is 252 g/mol. The van der Waals surface area contributed by atoms with Gasteiger partial charge in [-0.1, -0.05) is 15.9 Å². The molecule has 0 aliphatic carbocycles. The highest BCUT2D eigenvalue weighted by atomic mass is 79.9. The van der Waals surface area contributed by atoms with Crippen molar-refractivity contribution in [3.63, 3.8) is 0 Å². The SMILES string of the molecule is O=[N+]([O-])c1ccc2[n+](c1)CC(CBr)O2. The van der Waals surface area contributed by atoms with Crippen molar-refractivity contribution in [2.24, 2.45) is 0 Å². The Morgan fingerprint density at radius 1 is 1.71 bits per heavy atom. The van der Waals surface area contributed by atoms with Crippen LogP contribution in [0.15, 0.2) is 18.3 Å². The summed E-state index contributed by atoms with van der Waals surface area (Å²) in [5, 5.41) is 11.2. The highest BCUT2D eigenvalue weighted by Gasteiger charge is 2.31. The van der Waals surface area contributed by atoms with Gasteiger partial charge in [-0.05, 0) is 0 Å². The van der Waals surface area contributed by atoms with Gasteiger partial charge in [0.15, 0.2) is 12.6 Å². The molecule has 0 saturated carbocycles. The molecule has 2 heterocycles. The summed E-state index contributed by atoms with van der Waals surface area (Å²) in [5.41, 5.74) is 0.0903. The zero-order valence-corrected chi connectivity index (χ0v) is 8.81. The molecule has 1 aromatic heterocycles. The van der Waals surface area contributed by atoms with E-state index in [9.17, 15) is 10.1 Å². The fourth-order valence-electron chi connectivity index (χ4n) is 1.38. The van der Waals surface area contributed by atoms with E-state index in [2.05, 4.69) is 15.9 Å². The van der Waals surface area contributed by atoms with Crippen molar-refractivity contribution in [1.29, 1.82) is 0 Å². The number of fused-ring (bicyclic) bond motifs is 1. The smallest absolute Gasteiger partial charge is 0.368 e. The van der Waals surface area contributed by atoms with Gasteiger partial charge in [0.25, 0.3) is 0 Å². The Morgan fingerprint density at radius 2 is 2.50 bits per heavy atom. The van der Waals surface area contributed by atoms with Crippen LogP contribution >= 0.6 is 15.9 Å². The van der Waals surface area contributed by atoms with Gasteiger partial charge in [0.1, 0.15) is 0 Å². The topological polar surface area (TPSA) is 56.2 Å². The molecule has 0 bridgehead atoms. The summed E-state index contributed by atoms with van der Waals surface area (Å²) in [6.45, 7) is 0.655. The molecule has 1 aliphatic rings. The molecule has 0 spiro atoms. The van der Waals surface area contributed by atoms with E-state index in [0.717, 1.165) is 5.33 Å². The van der Waals surface area contributed by atoms with Crippen molar-refractivity contribution < 1.29 is 14.2 Å². The van der Waals surface area contributed by atoms with Gasteiger partial charge in [-0.25, -0.2) is 0 Å². The van der Waals surface area contributed by atoms with Crippen molar-refractivity contribution in [2.45, 2.75) is 12.6 Å². The van der Waals surface area contributed by atoms with Crippen LogP contribution < -0.4 is 9.30 Å². The molecule has 1 atom stereocenters. The lowest BCUT2D eigenvalue weighted by Gasteiger charge is -1.96. The third-order valence-corrected chi connectivity index (χ3v) is 2.76. The molecular formula is C8H8BrN2O3+. The molecule has 74 valence electrons. The van der Waals surface area contributed by atoms with E-state index >= 15 is 0 Å². The second kappa shape index (κ2) is 3.53. The normalized spacial score (nSPS) is 18.8. The van der Waals surface area contributed by atoms with Gasteiger partial charge < -0.3 is 4.74 Å². The first-order valence-electron chi connectivity index (χ1n) is 4.11. The molecule has 0 radical (unpaired) electrons. The molecule has 14 heavy (non-hydrogen) atoms. The van der Waals surface area contributed by atoms with Crippen LogP contribution in [0.2, 0.25) is 0 Å². The lowest BCUT2D eigenvalue weighted by Crippen LogP contribution is -2.32. The lowest BCUT2D eigenvalue weighted by atomic mass is 10.4. The molecule has 0 saturated heterocycles. The Morgan fingerprint density at radius 3 is 3.14 bits per heavy atom. The number of nitrogens with zero attached hydrogens (tertiary/aromatic N) is 2. The van der Waals surface area contributed by atoms with Gasteiger partial charge in [0.2, 0.25) is 6.20 Å². The quantitative estimate of drug-likeness (QED) is 0.345. The van der Waals surface area contributed by atoms with Gasteiger partial charge in [0, 0.05) is 11.4 Å². The molecule has 1 aliphatic heterocycles. The van der Waals surface area contributed by atoms with E-state index in [4.69, 9.17) is 4.74 Å². The van der Waals surface area contributed by atoms with Crippen molar-refractivity contribution >= 4 is 21.6 Å². The van der Waals surface area contributed by atoms with Gasteiger partial charge in [-0.2, -0.15) is 4.57 Å². The third-order valence-electron chi connectivity index (χ3n) is 2.04. The van der Waals surface area contributed by atoms with E-state index in [1.54, 1.807) is 10.6 Å². The average Bonchev–Trinajstić information content (AvgIpc) is 2.58. The Balaban J connectivity index is 2.31. The van der Waals surface area contributed by atoms with Crippen LogP contribution in [-0.4, -0.2) is 16.4 Å². The Labute approximate surface area is 88.6 Å². The second-order valence-corrected chi connectivity index (χ2v) is 3.68. The number of alkyl halides is 1. The maximum atomic E-state index is 10.5. The van der Waals surface area contributed by atoms with Crippen LogP contribution in [0.3, 0.4) is 0 Å². The fourth-order valence-corrected chi connectivity index (χ4v) is 1.72. The minimum atomic E-state index is -0.408. The van der Waals surface area contributed by atoms with Gasteiger partial charge >= 0.3 is 11.6 Å². The monoisotopic (exact) mass is 259 g/mol. The minimum absolute atomic E-state index is 0.0667. The minimum Gasteiger partial charge on any atom is -0.433 e. The van der Waals surface area contributed by atoms with Crippen LogP contribution in [0.25, 0.3) is 0 Å². The predicted molar refractivity (Wildman–Crippen MR) is 51.5 cm³/mol. The van der Waals surface area contributed by atoms with E-state index in [1.165, 1.54) is 12.3 Å². The predicted octanol–water partition coefficient (Wildman–Crippen LogP) is 1.04. The van der Waals surface area contributed by atoms with Crippen molar-refractivity contribution in [3.8, 4) is 5.88 Å². The Kier molecular flexibility index (Phi) is 2.37. The Bertz CT molecular complexity index is 383. The van der Waals surface area contributed by atoms with Gasteiger partial charge in [-0.3, -0.25) is 10.1 Å². The zero-order chi connectivity index (χ0) is 10.1. The number of ether oxygens (including phenoxy) is 1. The highest BCUT2D eigenvalue weighted by molar-refractivity contribution is 9.09. The third kappa shape index (κ3) is 1.57. The molecule has 0 fully saturated rings. The summed E-state index contributed by atoms with van der Waals surface area (Å²) in [6, 6.07) is 3.07. The molecule has 0 aromatic carbocycles. The summed E-state index contributed by atoms with van der Waals surface area (Å²) in [5.74, 6) is 0.681. The standard InChI is InChI=1S/C8H8BrN2O3/c9-3-7-5-10-4-6(11(12)13)1-2-8(10)14-7/h1-2,4,7H,3,5H2/q+1. The van der Waals surface area contributed by atoms with Crippen LogP contribution in [-0.2, 0) is 6.54 Å². The van der Waals surface area contributed by atoms with Gasteiger partial charge in [0.05, 0.1) is 11.0 Å². The van der Waals surface area contributed by atoms with E-state index in [-0.39, 0.29) is 11.8 Å². The molecule has 2 rings (SSSR count). The van der Waals surface area contributed by atoms with E-state index in [0.29, 0.717) is 12.4 Å².